The minimum Gasteiger partial charge on any atom is -0.336 e. The van der Waals surface area contributed by atoms with Crippen LogP contribution in [0.15, 0.2) is 33.9 Å². The molecule has 0 spiro atoms. The van der Waals surface area contributed by atoms with Crippen molar-refractivity contribution in [2.45, 2.75) is 24.7 Å². The first kappa shape index (κ1) is 22.0. The SMILES string of the molecule is Cn1c(=O)c2c(nc(N3C[C@@H]4C[C@H]3CN4)n2-c2ccccc2OOC(=O)C(F)(F)F)n(C)c1=O. The number of aryl methyl sites for hydroxylation is 1. The summed E-state index contributed by atoms with van der Waals surface area (Å²) in [6, 6.07) is 6.10. The first-order chi connectivity index (χ1) is 16.1. The molecule has 5 rings (SSSR count). The van der Waals surface area contributed by atoms with Gasteiger partial charge in [0.25, 0.3) is 5.56 Å². The summed E-state index contributed by atoms with van der Waals surface area (Å²) in [5.41, 5.74) is -1.00. The highest BCUT2D eigenvalue weighted by Gasteiger charge is 2.43. The lowest BCUT2D eigenvalue weighted by Crippen LogP contribution is -2.44. The van der Waals surface area contributed by atoms with Gasteiger partial charge in [-0.05, 0) is 18.6 Å². The van der Waals surface area contributed by atoms with Gasteiger partial charge in [-0.15, -0.1) is 0 Å². The van der Waals surface area contributed by atoms with Gasteiger partial charge in [-0.25, -0.2) is 14.5 Å². The number of carbonyl (C=O) groups is 1. The molecule has 2 saturated heterocycles. The summed E-state index contributed by atoms with van der Waals surface area (Å²) in [7, 11) is 2.78. The highest BCUT2D eigenvalue weighted by atomic mass is 19.4. The van der Waals surface area contributed by atoms with Crippen LogP contribution in [0.4, 0.5) is 19.1 Å². The van der Waals surface area contributed by atoms with E-state index >= 15 is 0 Å². The van der Waals surface area contributed by atoms with Crippen LogP contribution in [0.1, 0.15) is 6.42 Å². The number of para-hydroxylation sites is 2. The van der Waals surface area contributed by atoms with Crippen molar-refractivity contribution in [3.63, 3.8) is 0 Å². The van der Waals surface area contributed by atoms with Crippen LogP contribution in [-0.4, -0.2) is 56.0 Å². The molecule has 2 atom stereocenters. The summed E-state index contributed by atoms with van der Waals surface area (Å²) in [5.74, 6) is -2.46. The molecule has 0 amide bonds. The minimum atomic E-state index is -5.25. The number of carbonyl (C=O) groups excluding carboxylic acids is 1. The van der Waals surface area contributed by atoms with Gasteiger partial charge < -0.3 is 10.2 Å². The molecule has 0 aliphatic carbocycles. The molecule has 1 aromatic carbocycles. The van der Waals surface area contributed by atoms with E-state index in [9.17, 15) is 27.6 Å². The standard InChI is InChI=1S/C20H19F3N6O5/c1-26-15-14(16(30)27(2)19(26)32)29(18(25-15)28-9-10-7-11(28)8-24-10)12-5-3-4-6-13(12)33-34-17(31)20(21,22)23/h3-6,10-11,24H,7-9H2,1-2H3/t10-,11-/m0/s1. The van der Waals surface area contributed by atoms with Gasteiger partial charge >= 0.3 is 17.8 Å². The Balaban J connectivity index is 1.72. The van der Waals surface area contributed by atoms with Crippen molar-refractivity contribution in [3.05, 3.63) is 45.1 Å². The van der Waals surface area contributed by atoms with E-state index < -0.39 is 23.4 Å². The Morgan fingerprint density at radius 3 is 2.56 bits per heavy atom. The number of halogens is 3. The van der Waals surface area contributed by atoms with E-state index in [1.54, 1.807) is 6.07 Å². The van der Waals surface area contributed by atoms with Crippen molar-refractivity contribution < 1.29 is 27.7 Å². The molecular weight excluding hydrogens is 461 g/mol. The number of hydrogen-bond acceptors (Lipinski definition) is 8. The number of imidazole rings is 1. The zero-order valence-corrected chi connectivity index (χ0v) is 18.0. The van der Waals surface area contributed by atoms with Crippen molar-refractivity contribution >= 4 is 23.1 Å². The van der Waals surface area contributed by atoms with Gasteiger partial charge in [0.05, 0.1) is 5.69 Å². The number of benzene rings is 1. The first-order valence-corrected chi connectivity index (χ1v) is 10.3. The predicted molar refractivity (Wildman–Crippen MR) is 112 cm³/mol. The van der Waals surface area contributed by atoms with Crippen LogP contribution < -0.4 is 26.4 Å². The highest BCUT2D eigenvalue weighted by molar-refractivity contribution is 5.79. The molecule has 2 aromatic heterocycles. The number of hydrogen-bond donors (Lipinski definition) is 1. The number of nitrogens with one attached hydrogen (secondary N) is 1. The van der Waals surface area contributed by atoms with Crippen LogP contribution >= 0.6 is 0 Å². The number of alkyl halides is 3. The lowest BCUT2D eigenvalue weighted by atomic mass is 10.2. The van der Waals surface area contributed by atoms with Crippen molar-refractivity contribution in [2.24, 2.45) is 14.1 Å². The van der Waals surface area contributed by atoms with Gasteiger partial charge in [0.1, 0.15) is 0 Å². The average Bonchev–Trinajstić information content (AvgIpc) is 3.53. The third-order valence-corrected chi connectivity index (χ3v) is 6.10. The number of nitrogens with zero attached hydrogens (tertiary/aromatic N) is 5. The second kappa shape index (κ2) is 7.62. The molecule has 2 aliphatic heterocycles. The normalized spacial score (nSPS) is 19.7. The molecule has 2 aliphatic rings. The molecular formula is C20H19F3N6O5. The maximum atomic E-state index is 13.2. The fourth-order valence-electron chi connectivity index (χ4n) is 4.45. The topological polar surface area (TPSA) is 113 Å². The quantitative estimate of drug-likeness (QED) is 0.421. The van der Waals surface area contributed by atoms with E-state index in [1.165, 1.54) is 41.4 Å². The number of rotatable bonds is 4. The molecule has 3 aromatic rings. The summed E-state index contributed by atoms with van der Waals surface area (Å²) >= 11 is 0. The maximum Gasteiger partial charge on any atom is 0.495 e. The van der Waals surface area contributed by atoms with Crippen molar-refractivity contribution in [1.82, 2.24) is 24.0 Å². The number of fused-ring (bicyclic) bond motifs is 3. The van der Waals surface area contributed by atoms with Gasteiger partial charge in [0, 0.05) is 39.3 Å². The Labute approximate surface area is 188 Å². The summed E-state index contributed by atoms with van der Waals surface area (Å²) in [6.45, 7) is 1.26. The zero-order chi connectivity index (χ0) is 24.4. The first-order valence-electron chi connectivity index (χ1n) is 10.3. The van der Waals surface area contributed by atoms with Crippen LogP contribution in [-0.2, 0) is 23.8 Å². The Morgan fingerprint density at radius 2 is 1.91 bits per heavy atom. The molecule has 0 unspecified atom stereocenters. The number of aromatic nitrogens is 4. The molecule has 2 fully saturated rings. The van der Waals surface area contributed by atoms with Gasteiger partial charge in [-0.1, -0.05) is 12.1 Å². The molecule has 180 valence electrons. The van der Waals surface area contributed by atoms with Crippen LogP contribution in [0, 0.1) is 0 Å². The molecule has 14 heteroatoms. The third kappa shape index (κ3) is 3.32. The summed E-state index contributed by atoms with van der Waals surface area (Å²) in [5, 5.41) is 3.36. The minimum absolute atomic E-state index is 0.0218. The molecule has 0 saturated carbocycles. The zero-order valence-electron chi connectivity index (χ0n) is 18.0. The van der Waals surface area contributed by atoms with Crippen LogP contribution in [0.2, 0.25) is 0 Å². The molecule has 11 nitrogen and oxygen atoms in total. The Morgan fingerprint density at radius 1 is 1.18 bits per heavy atom. The second-order valence-electron chi connectivity index (χ2n) is 8.19. The van der Waals surface area contributed by atoms with Crippen molar-refractivity contribution in [1.29, 1.82) is 0 Å². The second-order valence-corrected chi connectivity index (χ2v) is 8.19. The van der Waals surface area contributed by atoms with Gasteiger partial charge in [-0.3, -0.25) is 23.4 Å². The molecule has 4 heterocycles. The van der Waals surface area contributed by atoms with Crippen molar-refractivity contribution in [3.8, 4) is 11.4 Å². The van der Waals surface area contributed by atoms with E-state index in [0.29, 0.717) is 19.0 Å². The van der Waals surface area contributed by atoms with E-state index in [4.69, 9.17) is 4.89 Å². The molecule has 34 heavy (non-hydrogen) atoms. The smallest absolute Gasteiger partial charge is 0.336 e. The summed E-state index contributed by atoms with van der Waals surface area (Å²) in [4.78, 5) is 52.2. The van der Waals surface area contributed by atoms with Crippen molar-refractivity contribution in [2.75, 3.05) is 18.0 Å². The van der Waals surface area contributed by atoms with Crippen LogP contribution in [0.25, 0.3) is 16.9 Å². The lowest BCUT2D eigenvalue weighted by molar-refractivity contribution is -0.256. The highest BCUT2D eigenvalue weighted by Crippen LogP contribution is 2.35. The molecule has 2 bridgehead atoms. The van der Waals surface area contributed by atoms with Crippen LogP contribution in [0.5, 0.6) is 5.75 Å². The third-order valence-electron chi connectivity index (χ3n) is 6.10. The largest absolute Gasteiger partial charge is 0.495 e. The Bertz CT molecular complexity index is 1430. The Hall–Kier alpha value is -3.81. The average molecular weight is 480 g/mol. The monoisotopic (exact) mass is 480 g/mol. The summed E-state index contributed by atoms with van der Waals surface area (Å²) < 4.78 is 41.4. The van der Waals surface area contributed by atoms with E-state index in [0.717, 1.165) is 11.0 Å². The Kier molecular flexibility index (Phi) is 4.93. The number of piperazine rings is 1. The predicted octanol–water partition coefficient (Wildman–Crippen LogP) is 0.373. The van der Waals surface area contributed by atoms with Gasteiger partial charge in [0.2, 0.25) is 11.7 Å². The molecule has 1 N–H and O–H groups in total. The maximum absolute atomic E-state index is 13.2. The number of anilines is 1. The fraction of sp³-hybridized carbons (Fsp3) is 0.400. The van der Waals surface area contributed by atoms with Gasteiger partial charge in [-0.2, -0.15) is 18.2 Å². The van der Waals surface area contributed by atoms with Crippen LogP contribution in [0.3, 0.4) is 0 Å². The van der Waals surface area contributed by atoms with E-state index in [-0.39, 0.29) is 34.7 Å². The summed E-state index contributed by atoms with van der Waals surface area (Å²) in [6.07, 6.45) is -4.40. The van der Waals surface area contributed by atoms with E-state index in [1.807, 2.05) is 4.90 Å². The lowest BCUT2D eigenvalue weighted by Gasteiger charge is -2.29. The van der Waals surface area contributed by atoms with Gasteiger partial charge in [0.15, 0.2) is 11.2 Å². The van der Waals surface area contributed by atoms with E-state index in [2.05, 4.69) is 15.2 Å². The fourth-order valence-corrected chi connectivity index (χ4v) is 4.45. The molecule has 0 radical (unpaired) electrons.